The van der Waals surface area contributed by atoms with E-state index in [1.807, 2.05) is 78.9 Å². The molecular formula is C20H14N4. The van der Waals surface area contributed by atoms with Gasteiger partial charge in [-0.2, -0.15) is 0 Å². The zero-order valence-corrected chi connectivity index (χ0v) is 12.9. The summed E-state index contributed by atoms with van der Waals surface area (Å²) >= 11 is 0. The van der Waals surface area contributed by atoms with E-state index in [-0.39, 0.29) is 0 Å². The second-order valence-electron chi connectivity index (χ2n) is 5.28. The van der Waals surface area contributed by atoms with Crippen LogP contribution in [0.25, 0.3) is 34.0 Å². The molecular weight excluding hydrogens is 296 g/mol. The van der Waals surface area contributed by atoms with Crippen molar-refractivity contribution in [2.75, 3.05) is 0 Å². The van der Waals surface area contributed by atoms with Crippen molar-refractivity contribution in [3.8, 4) is 34.0 Å². The van der Waals surface area contributed by atoms with Crippen molar-refractivity contribution in [2.45, 2.75) is 0 Å². The van der Waals surface area contributed by atoms with Crippen molar-refractivity contribution < 1.29 is 0 Å². The first-order valence-corrected chi connectivity index (χ1v) is 7.69. The minimum atomic E-state index is 0.593. The van der Waals surface area contributed by atoms with Crippen molar-refractivity contribution in [3.63, 3.8) is 0 Å². The largest absolute Gasteiger partial charge is 0.255 e. The van der Waals surface area contributed by atoms with Crippen LogP contribution < -0.4 is 0 Å². The van der Waals surface area contributed by atoms with Gasteiger partial charge in [-0.1, -0.05) is 66.7 Å². The first kappa shape index (κ1) is 14.2. The lowest BCUT2D eigenvalue weighted by atomic mass is 10.1. The third-order valence-corrected chi connectivity index (χ3v) is 3.67. The van der Waals surface area contributed by atoms with Crippen LogP contribution in [0, 0.1) is 0 Å². The van der Waals surface area contributed by atoms with Crippen LogP contribution in [0.4, 0.5) is 0 Å². The lowest BCUT2D eigenvalue weighted by molar-refractivity contribution is 0.987. The third kappa shape index (κ3) is 2.77. The molecule has 0 atom stereocenters. The lowest BCUT2D eigenvalue weighted by Crippen LogP contribution is -2.00. The summed E-state index contributed by atoms with van der Waals surface area (Å²) in [5.74, 6) is 0.593. The quantitative estimate of drug-likeness (QED) is 0.567. The van der Waals surface area contributed by atoms with E-state index < -0.39 is 0 Å². The fourth-order valence-electron chi connectivity index (χ4n) is 2.51. The predicted octanol–water partition coefficient (Wildman–Crippen LogP) is 4.27. The fraction of sp³-hybridized carbons (Fsp3) is 0. The van der Waals surface area contributed by atoms with Crippen LogP contribution in [0.5, 0.6) is 0 Å². The SMILES string of the molecule is c1ccc(-c2nnc(-c3ccccc3)c(-c3ccccn3)n2)cc1. The summed E-state index contributed by atoms with van der Waals surface area (Å²) in [4.78, 5) is 9.19. The summed E-state index contributed by atoms with van der Waals surface area (Å²) in [7, 11) is 0. The van der Waals surface area contributed by atoms with Crippen molar-refractivity contribution in [1.29, 1.82) is 0 Å². The van der Waals surface area contributed by atoms with E-state index in [1.165, 1.54) is 0 Å². The molecule has 0 amide bonds. The Bertz CT molecular complexity index is 939. The zero-order chi connectivity index (χ0) is 16.2. The maximum absolute atomic E-state index is 4.75. The molecule has 0 fully saturated rings. The average molecular weight is 310 g/mol. The summed E-state index contributed by atoms with van der Waals surface area (Å²) in [6, 6.07) is 25.5. The molecule has 0 spiro atoms. The highest BCUT2D eigenvalue weighted by Gasteiger charge is 2.14. The minimum Gasteiger partial charge on any atom is -0.255 e. The summed E-state index contributed by atoms with van der Waals surface area (Å²) in [5, 5.41) is 8.77. The highest BCUT2D eigenvalue weighted by Crippen LogP contribution is 2.28. The molecule has 0 saturated carbocycles. The topological polar surface area (TPSA) is 51.6 Å². The van der Waals surface area contributed by atoms with Crippen molar-refractivity contribution in [3.05, 3.63) is 85.1 Å². The molecule has 4 heteroatoms. The van der Waals surface area contributed by atoms with Gasteiger partial charge in [-0.15, -0.1) is 10.2 Å². The van der Waals surface area contributed by atoms with Gasteiger partial charge >= 0.3 is 0 Å². The number of rotatable bonds is 3. The summed E-state index contributed by atoms with van der Waals surface area (Å²) in [5.41, 5.74) is 4.15. The molecule has 114 valence electrons. The molecule has 24 heavy (non-hydrogen) atoms. The fourth-order valence-corrected chi connectivity index (χ4v) is 2.51. The van der Waals surface area contributed by atoms with Crippen LogP contribution in [0.2, 0.25) is 0 Å². The Morgan fingerprint density at radius 1 is 0.542 bits per heavy atom. The number of hydrogen-bond donors (Lipinski definition) is 0. The number of nitrogens with zero attached hydrogens (tertiary/aromatic N) is 4. The normalized spacial score (nSPS) is 10.5. The van der Waals surface area contributed by atoms with Gasteiger partial charge in [0.2, 0.25) is 0 Å². The van der Waals surface area contributed by atoms with Crippen molar-refractivity contribution in [2.24, 2.45) is 0 Å². The van der Waals surface area contributed by atoms with E-state index in [0.29, 0.717) is 5.82 Å². The molecule has 0 aliphatic rings. The van der Waals surface area contributed by atoms with E-state index in [9.17, 15) is 0 Å². The highest BCUT2D eigenvalue weighted by atomic mass is 15.2. The number of pyridine rings is 1. The van der Waals surface area contributed by atoms with Crippen LogP contribution in [0.3, 0.4) is 0 Å². The molecule has 0 saturated heterocycles. The predicted molar refractivity (Wildman–Crippen MR) is 93.9 cm³/mol. The van der Waals surface area contributed by atoms with Gasteiger partial charge in [-0.05, 0) is 12.1 Å². The van der Waals surface area contributed by atoms with Gasteiger partial charge in [-0.3, -0.25) is 4.98 Å². The maximum atomic E-state index is 4.75. The summed E-state index contributed by atoms with van der Waals surface area (Å²) < 4.78 is 0. The van der Waals surface area contributed by atoms with Crippen LogP contribution in [0.1, 0.15) is 0 Å². The second kappa shape index (κ2) is 6.38. The molecule has 2 aromatic heterocycles. The van der Waals surface area contributed by atoms with Crippen LogP contribution in [0.15, 0.2) is 85.1 Å². The number of hydrogen-bond acceptors (Lipinski definition) is 4. The lowest BCUT2D eigenvalue weighted by Gasteiger charge is -2.09. The summed E-state index contributed by atoms with van der Waals surface area (Å²) in [6.45, 7) is 0. The van der Waals surface area contributed by atoms with E-state index in [0.717, 1.165) is 28.2 Å². The Kier molecular flexibility index (Phi) is 3.78. The molecule has 2 heterocycles. The van der Waals surface area contributed by atoms with Gasteiger partial charge in [0.05, 0.1) is 5.69 Å². The molecule has 0 aliphatic carbocycles. The van der Waals surface area contributed by atoms with Crippen molar-refractivity contribution >= 4 is 0 Å². The Morgan fingerprint density at radius 2 is 1.21 bits per heavy atom. The molecule has 0 unspecified atom stereocenters. The zero-order valence-electron chi connectivity index (χ0n) is 12.9. The Hall–Kier alpha value is -3.40. The second-order valence-corrected chi connectivity index (χ2v) is 5.28. The molecule has 4 nitrogen and oxygen atoms in total. The maximum Gasteiger partial charge on any atom is 0.182 e. The molecule has 2 aromatic carbocycles. The molecule has 0 aliphatic heterocycles. The van der Waals surface area contributed by atoms with Gasteiger partial charge in [0, 0.05) is 17.3 Å². The number of benzene rings is 2. The van der Waals surface area contributed by atoms with Gasteiger partial charge in [0.25, 0.3) is 0 Å². The Balaban J connectivity index is 1.92. The van der Waals surface area contributed by atoms with Gasteiger partial charge in [0.15, 0.2) is 5.82 Å². The Morgan fingerprint density at radius 3 is 1.88 bits per heavy atom. The first-order chi connectivity index (χ1) is 11.9. The average Bonchev–Trinajstić information content (AvgIpc) is 2.69. The standard InChI is InChI=1S/C20H14N4/c1-3-9-15(10-4-1)18-19(17-13-7-8-14-21-17)22-20(24-23-18)16-11-5-2-6-12-16/h1-14H. The first-order valence-electron chi connectivity index (χ1n) is 7.69. The van der Waals surface area contributed by atoms with E-state index in [4.69, 9.17) is 4.98 Å². The van der Waals surface area contributed by atoms with Gasteiger partial charge < -0.3 is 0 Å². The molecule has 0 N–H and O–H groups in total. The van der Waals surface area contributed by atoms with Crippen LogP contribution in [-0.2, 0) is 0 Å². The van der Waals surface area contributed by atoms with Gasteiger partial charge in [-0.25, -0.2) is 4.98 Å². The highest BCUT2D eigenvalue weighted by molar-refractivity contribution is 5.76. The monoisotopic (exact) mass is 310 g/mol. The van der Waals surface area contributed by atoms with Crippen molar-refractivity contribution in [1.82, 2.24) is 20.2 Å². The van der Waals surface area contributed by atoms with E-state index in [1.54, 1.807) is 6.20 Å². The minimum absolute atomic E-state index is 0.593. The van der Waals surface area contributed by atoms with E-state index >= 15 is 0 Å². The van der Waals surface area contributed by atoms with Crippen LogP contribution >= 0.6 is 0 Å². The molecule has 0 bridgehead atoms. The van der Waals surface area contributed by atoms with Gasteiger partial charge in [0.1, 0.15) is 11.4 Å². The van der Waals surface area contributed by atoms with E-state index in [2.05, 4.69) is 15.2 Å². The third-order valence-electron chi connectivity index (χ3n) is 3.67. The number of aromatic nitrogens is 4. The molecule has 4 rings (SSSR count). The summed E-state index contributed by atoms with van der Waals surface area (Å²) in [6.07, 6.45) is 1.76. The molecule has 0 radical (unpaired) electrons. The Labute approximate surface area is 139 Å². The van der Waals surface area contributed by atoms with Crippen LogP contribution in [-0.4, -0.2) is 20.2 Å². The molecule has 4 aromatic rings. The smallest absolute Gasteiger partial charge is 0.182 e.